The molecule has 0 aliphatic rings. The quantitative estimate of drug-likeness (QED) is 0.577. The molecule has 0 fully saturated rings. The van der Waals surface area contributed by atoms with Crippen molar-refractivity contribution in [3.05, 3.63) is 42.5 Å². The van der Waals surface area contributed by atoms with Crippen molar-refractivity contribution < 1.29 is 9.47 Å². The second-order valence-electron chi connectivity index (χ2n) is 5.57. The van der Waals surface area contributed by atoms with Crippen LogP contribution in [0, 0.1) is 0 Å². The Morgan fingerprint density at radius 1 is 1.16 bits per heavy atom. The maximum atomic E-state index is 5.53. The zero-order valence-electron chi connectivity index (χ0n) is 12.2. The topological polar surface area (TPSA) is 30.5 Å². The van der Waals surface area contributed by atoms with Crippen molar-refractivity contribution in [2.45, 2.75) is 26.3 Å². The van der Waals surface area contributed by atoms with Gasteiger partial charge in [-0.15, -0.1) is 0 Å². The van der Waals surface area contributed by atoms with Gasteiger partial charge in [0.05, 0.1) is 13.2 Å². The second-order valence-corrected chi connectivity index (χ2v) is 5.57. The monoisotopic (exact) mass is 263 g/mol. The van der Waals surface area contributed by atoms with Gasteiger partial charge in [-0.25, -0.2) is 0 Å². The van der Waals surface area contributed by atoms with E-state index >= 15 is 0 Å². The van der Waals surface area contributed by atoms with Gasteiger partial charge < -0.3 is 14.8 Å². The van der Waals surface area contributed by atoms with Gasteiger partial charge in [0.2, 0.25) is 0 Å². The van der Waals surface area contributed by atoms with E-state index in [2.05, 4.69) is 32.7 Å². The minimum absolute atomic E-state index is 0.110. The number of rotatable bonds is 8. The summed E-state index contributed by atoms with van der Waals surface area (Å²) in [6.07, 6.45) is 0. The molecule has 0 aliphatic heterocycles. The SMILES string of the molecule is C=C(CNC(C)(C)C)COCCOc1ccccc1. The van der Waals surface area contributed by atoms with Crippen molar-refractivity contribution in [1.29, 1.82) is 0 Å². The van der Waals surface area contributed by atoms with Gasteiger partial charge in [0.1, 0.15) is 12.4 Å². The van der Waals surface area contributed by atoms with Crippen molar-refractivity contribution in [3.63, 3.8) is 0 Å². The van der Waals surface area contributed by atoms with Crippen LogP contribution in [0.2, 0.25) is 0 Å². The third kappa shape index (κ3) is 8.41. The summed E-state index contributed by atoms with van der Waals surface area (Å²) in [5.41, 5.74) is 1.16. The normalized spacial score (nSPS) is 11.3. The first kappa shape index (κ1) is 15.7. The van der Waals surface area contributed by atoms with Crippen LogP contribution < -0.4 is 10.1 Å². The lowest BCUT2D eigenvalue weighted by molar-refractivity contribution is 0.115. The van der Waals surface area contributed by atoms with E-state index in [0.717, 1.165) is 17.9 Å². The van der Waals surface area contributed by atoms with E-state index in [0.29, 0.717) is 19.8 Å². The Kier molecular flexibility index (Phi) is 6.60. The third-order valence-corrected chi connectivity index (χ3v) is 2.41. The van der Waals surface area contributed by atoms with Gasteiger partial charge in [-0.05, 0) is 38.5 Å². The molecular formula is C16H25NO2. The summed E-state index contributed by atoms with van der Waals surface area (Å²) in [7, 11) is 0. The minimum Gasteiger partial charge on any atom is -0.491 e. The number of benzene rings is 1. The van der Waals surface area contributed by atoms with Crippen molar-refractivity contribution >= 4 is 0 Å². The average molecular weight is 263 g/mol. The molecule has 1 aromatic rings. The smallest absolute Gasteiger partial charge is 0.119 e. The Morgan fingerprint density at radius 2 is 1.84 bits per heavy atom. The van der Waals surface area contributed by atoms with Crippen molar-refractivity contribution in [2.75, 3.05) is 26.4 Å². The molecule has 0 radical (unpaired) electrons. The van der Waals surface area contributed by atoms with E-state index in [9.17, 15) is 0 Å². The van der Waals surface area contributed by atoms with Crippen LogP contribution in [0.5, 0.6) is 5.75 Å². The largest absolute Gasteiger partial charge is 0.491 e. The highest BCUT2D eigenvalue weighted by Gasteiger charge is 2.08. The first-order valence-corrected chi connectivity index (χ1v) is 6.65. The third-order valence-electron chi connectivity index (χ3n) is 2.41. The second kappa shape index (κ2) is 7.97. The molecule has 1 N–H and O–H groups in total. The van der Waals surface area contributed by atoms with Crippen molar-refractivity contribution in [2.24, 2.45) is 0 Å². The summed E-state index contributed by atoms with van der Waals surface area (Å²) in [6, 6.07) is 9.75. The van der Waals surface area contributed by atoms with Crippen LogP contribution in [0.15, 0.2) is 42.5 Å². The predicted octanol–water partition coefficient (Wildman–Crippen LogP) is 3.03. The molecule has 1 rings (SSSR count). The summed E-state index contributed by atoms with van der Waals surface area (Å²) >= 11 is 0. The standard InChI is InChI=1S/C16H25NO2/c1-14(12-17-16(2,3)4)13-18-10-11-19-15-8-6-5-7-9-15/h5-9,17H,1,10-13H2,2-4H3. The number of para-hydroxylation sites is 1. The highest BCUT2D eigenvalue weighted by molar-refractivity contribution is 5.20. The fourth-order valence-electron chi connectivity index (χ4n) is 1.39. The van der Waals surface area contributed by atoms with Crippen LogP contribution in [-0.4, -0.2) is 31.9 Å². The maximum absolute atomic E-state index is 5.53. The molecule has 3 heteroatoms. The molecule has 0 spiro atoms. The van der Waals surface area contributed by atoms with Crippen LogP contribution in [0.4, 0.5) is 0 Å². The fourth-order valence-corrected chi connectivity index (χ4v) is 1.39. The highest BCUT2D eigenvalue weighted by atomic mass is 16.5. The summed E-state index contributed by atoms with van der Waals surface area (Å²) in [6.45, 7) is 12.9. The molecule has 1 aromatic carbocycles. The lowest BCUT2D eigenvalue weighted by atomic mass is 10.1. The summed E-state index contributed by atoms with van der Waals surface area (Å²) < 4.78 is 11.0. The van der Waals surface area contributed by atoms with Gasteiger partial charge in [-0.2, -0.15) is 0 Å². The van der Waals surface area contributed by atoms with Crippen LogP contribution in [0.1, 0.15) is 20.8 Å². The molecule has 0 saturated carbocycles. The van der Waals surface area contributed by atoms with E-state index in [1.807, 2.05) is 30.3 Å². The maximum Gasteiger partial charge on any atom is 0.119 e. The molecule has 3 nitrogen and oxygen atoms in total. The first-order chi connectivity index (χ1) is 8.97. The highest BCUT2D eigenvalue weighted by Crippen LogP contribution is 2.07. The Balaban J connectivity index is 2.03. The van der Waals surface area contributed by atoms with E-state index in [-0.39, 0.29) is 5.54 Å². The molecule has 106 valence electrons. The molecule has 0 unspecified atom stereocenters. The molecule has 0 aromatic heterocycles. The van der Waals surface area contributed by atoms with E-state index in [1.165, 1.54) is 0 Å². The lowest BCUT2D eigenvalue weighted by Crippen LogP contribution is -2.37. The molecule has 19 heavy (non-hydrogen) atoms. The Hall–Kier alpha value is -1.32. The van der Waals surface area contributed by atoms with Crippen LogP contribution in [-0.2, 0) is 4.74 Å². The van der Waals surface area contributed by atoms with Gasteiger partial charge in [0, 0.05) is 12.1 Å². The average Bonchev–Trinajstić information content (AvgIpc) is 2.36. The summed E-state index contributed by atoms with van der Waals surface area (Å²) in [5.74, 6) is 0.874. The van der Waals surface area contributed by atoms with Crippen molar-refractivity contribution in [1.82, 2.24) is 5.32 Å². The molecule has 0 bridgehead atoms. The summed E-state index contributed by atoms with van der Waals surface area (Å²) in [5, 5.41) is 3.38. The molecule has 0 aliphatic carbocycles. The van der Waals surface area contributed by atoms with E-state index < -0.39 is 0 Å². The Bertz CT molecular complexity index is 368. The zero-order valence-corrected chi connectivity index (χ0v) is 12.2. The number of nitrogens with one attached hydrogen (secondary N) is 1. The number of hydrogen-bond acceptors (Lipinski definition) is 3. The van der Waals surface area contributed by atoms with Gasteiger partial charge >= 0.3 is 0 Å². The van der Waals surface area contributed by atoms with Crippen LogP contribution >= 0.6 is 0 Å². The predicted molar refractivity (Wildman–Crippen MR) is 79.7 cm³/mol. The Labute approximate surface area is 116 Å². The van der Waals surface area contributed by atoms with E-state index in [1.54, 1.807) is 0 Å². The lowest BCUT2D eigenvalue weighted by Gasteiger charge is -2.21. The Morgan fingerprint density at radius 3 is 2.47 bits per heavy atom. The number of ether oxygens (including phenoxy) is 2. The molecule has 0 atom stereocenters. The molecule has 0 saturated heterocycles. The van der Waals surface area contributed by atoms with Gasteiger partial charge in [0.25, 0.3) is 0 Å². The summed E-state index contributed by atoms with van der Waals surface area (Å²) in [4.78, 5) is 0. The van der Waals surface area contributed by atoms with Crippen LogP contribution in [0.25, 0.3) is 0 Å². The minimum atomic E-state index is 0.110. The first-order valence-electron chi connectivity index (χ1n) is 6.65. The zero-order chi connectivity index (χ0) is 14.1. The molecule has 0 heterocycles. The van der Waals surface area contributed by atoms with E-state index in [4.69, 9.17) is 9.47 Å². The van der Waals surface area contributed by atoms with Crippen molar-refractivity contribution in [3.8, 4) is 5.75 Å². The van der Waals surface area contributed by atoms with Gasteiger partial charge in [0.15, 0.2) is 0 Å². The molecule has 0 amide bonds. The molecular weight excluding hydrogens is 238 g/mol. The van der Waals surface area contributed by atoms with Gasteiger partial charge in [-0.1, -0.05) is 24.8 Å². The van der Waals surface area contributed by atoms with Crippen LogP contribution in [0.3, 0.4) is 0 Å². The number of hydrogen-bond donors (Lipinski definition) is 1. The fraction of sp³-hybridized carbons (Fsp3) is 0.500. The van der Waals surface area contributed by atoms with Gasteiger partial charge in [-0.3, -0.25) is 0 Å².